The average Bonchev–Trinajstić information content (AvgIpc) is 2.65. The van der Waals surface area contributed by atoms with Crippen LogP contribution in [0.2, 0.25) is 0 Å². The summed E-state index contributed by atoms with van der Waals surface area (Å²) in [4.78, 5) is 26.2. The van der Waals surface area contributed by atoms with Gasteiger partial charge in [-0.3, -0.25) is 14.5 Å². The second kappa shape index (κ2) is 4.65. The van der Waals surface area contributed by atoms with E-state index in [1.807, 2.05) is 37.3 Å². The summed E-state index contributed by atoms with van der Waals surface area (Å²) in [7, 11) is 0. The van der Waals surface area contributed by atoms with Gasteiger partial charge < -0.3 is 0 Å². The van der Waals surface area contributed by atoms with Crippen molar-refractivity contribution >= 4 is 11.8 Å². The van der Waals surface area contributed by atoms with Crippen LogP contribution in [0.15, 0.2) is 42.0 Å². The maximum Gasteiger partial charge on any atom is 0.233 e. The minimum absolute atomic E-state index is 0.00241. The van der Waals surface area contributed by atoms with Crippen molar-refractivity contribution in [3.05, 3.63) is 47.5 Å². The van der Waals surface area contributed by atoms with Crippen LogP contribution in [0, 0.1) is 11.8 Å². The van der Waals surface area contributed by atoms with Gasteiger partial charge in [0.05, 0.1) is 18.4 Å². The van der Waals surface area contributed by atoms with E-state index in [1.165, 1.54) is 10.5 Å². The fraction of sp³-hybridized carbons (Fsp3) is 0.375. The van der Waals surface area contributed by atoms with E-state index in [0.29, 0.717) is 13.0 Å². The largest absolute Gasteiger partial charge is 0.278 e. The van der Waals surface area contributed by atoms with E-state index in [0.717, 1.165) is 12.0 Å². The number of likely N-dealkylation sites (tertiary alicyclic amines) is 1. The number of fused-ring (bicyclic) bond motifs is 1. The number of allylic oxidation sites excluding steroid dienone is 2. The molecular weight excluding hydrogens is 238 g/mol. The maximum absolute atomic E-state index is 12.4. The highest BCUT2D eigenvalue weighted by Crippen LogP contribution is 2.38. The van der Waals surface area contributed by atoms with Gasteiger partial charge in [0.25, 0.3) is 0 Å². The lowest BCUT2D eigenvalue weighted by Crippen LogP contribution is -2.30. The zero-order valence-corrected chi connectivity index (χ0v) is 11.0. The first kappa shape index (κ1) is 12.2. The molecule has 1 heterocycles. The Kier molecular flexibility index (Phi) is 2.97. The number of carbonyl (C=O) groups excluding carboxylic acids is 2. The summed E-state index contributed by atoms with van der Waals surface area (Å²) < 4.78 is 0. The number of carbonyl (C=O) groups is 2. The topological polar surface area (TPSA) is 37.4 Å². The summed E-state index contributed by atoms with van der Waals surface area (Å²) in [5.41, 5.74) is 2.23. The van der Waals surface area contributed by atoms with Gasteiger partial charge in [0.2, 0.25) is 11.8 Å². The monoisotopic (exact) mass is 255 g/mol. The predicted molar refractivity (Wildman–Crippen MR) is 72.0 cm³/mol. The lowest BCUT2D eigenvalue weighted by Gasteiger charge is -2.19. The van der Waals surface area contributed by atoms with Gasteiger partial charge >= 0.3 is 0 Å². The summed E-state index contributed by atoms with van der Waals surface area (Å²) in [6, 6.07) is 9.69. The van der Waals surface area contributed by atoms with Crippen LogP contribution in [0.5, 0.6) is 0 Å². The molecule has 3 heteroatoms. The van der Waals surface area contributed by atoms with Crippen molar-refractivity contribution in [2.45, 2.75) is 26.3 Å². The molecule has 1 aromatic carbocycles. The molecule has 0 spiro atoms. The Morgan fingerprint density at radius 3 is 2.53 bits per heavy atom. The fourth-order valence-corrected chi connectivity index (χ4v) is 3.03. The Morgan fingerprint density at radius 1 is 1.11 bits per heavy atom. The number of hydrogen-bond donors (Lipinski definition) is 0. The second-order valence-electron chi connectivity index (χ2n) is 5.45. The molecule has 0 saturated carbocycles. The Hall–Kier alpha value is -1.90. The van der Waals surface area contributed by atoms with Crippen LogP contribution in [0.1, 0.15) is 25.3 Å². The molecule has 0 N–H and O–H groups in total. The number of hydrogen-bond acceptors (Lipinski definition) is 2. The molecule has 98 valence electrons. The molecule has 3 nitrogen and oxygen atoms in total. The van der Waals surface area contributed by atoms with Crippen LogP contribution in [0.3, 0.4) is 0 Å². The van der Waals surface area contributed by atoms with Crippen molar-refractivity contribution in [3.8, 4) is 0 Å². The van der Waals surface area contributed by atoms with E-state index in [-0.39, 0.29) is 23.7 Å². The SMILES string of the molecule is CC1=CC[C@@H]2C(=O)N(Cc3ccccc3)C(=O)[C@H]2C1. The molecule has 1 aliphatic carbocycles. The third kappa shape index (κ3) is 2.09. The van der Waals surface area contributed by atoms with Gasteiger partial charge in [-0.2, -0.15) is 0 Å². The Bertz CT molecular complexity index is 547. The molecule has 0 bridgehead atoms. The van der Waals surface area contributed by atoms with E-state index in [1.54, 1.807) is 0 Å². The molecule has 1 saturated heterocycles. The summed E-state index contributed by atoms with van der Waals surface area (Å²) >= 11 is 0. The molecule has 19 heavy (non-hydrogen) atoms. The molecule has 0 aromatic heterocycles. The summed E-state index contributed by atoms with van der Waals surface area (Å²) in [5, 5.41) is 0. The maximum atomic E-state index is 12.4. The highest BCUT2D eigenvalue weighted by molar-refractivity contribution is 6.05. The summed E-state index contributed by atoms with van der Waals surface area (Å²) in [6.07, 6.45) is 3.55. The number of imide groups is 1. The molecular formula is C16H17NO2. The highest BCUT2D eigenvalue weighted by atomic mass is 16.2. The van der Waals surface area contributed by atoms with Gasteiger partial charge in [-0.05, 0) is 25.3 Å². The first-order chi connectivity index (χ1) is 9.16. The lowest BCUT2D eigenvalue weighted by atomic mass is 9.82. The van der Waals surface area contributed by atoms with Crippen LogP contribution in [-0.4, -0.2) is 16.7 Å². The molecule has 2 atom stereocenters. The Balaban J connectivity index is 1.82. The molecule has 0 radical (unpaired) electrons. The Labute approximate surface area is 112 Å². The van der Waals surface area contributed by atoms with Gasteiger partial charge in [-0.1, -0.05) is 42.0 Å². The Morgan fingerprint density at radius 2 is 1.79 bits per heavy atom. The first-order valence-corrected chi connectivity index (χ1v) is 6.71. The van der Waals surface area contributed by atoms with E-state index >= 15 is 0 Å². The number of rotatable bonds is 2. The normalized spacial score (nSPS) is 26.4. The van der Waals surface area contributed by atoms with Crippen LogP contribution in [-0.2, 0) is 16.1 Å². The van der Waals surface area contributed by atoms with E-state index in [2.05, 4.69) is 6.08 Å². The van der Waals surface area contributed by atoms with Crippen LogP contribution >= 0.6 is 0 Å². The van der Waals surface area contributed by atoms with Gasteiger partial charge in [-0.25, -0.2) is 0 Å². The predicted octanol–water partition coefficient (Wildman–Crippen LogP) is 2.53. The third-order valence-electron chi connectivity index (χ3n) is 4.10. The quantitative estimate of drug-likeness (QED) is 0.601. The molecule has 0 unspecified atom stereocenters. The lowest BCUT2D eigenvalue weighted by molar-refractivity contribution is -0.140. The standard InChI is InChI=1S/C16H17NO2/c1-11-7-8-13-14(9-11)16(19)17(15(13)18)10-12-5-3-2-4-6-12/h2-7,13-14H,8-10H2,1H3/t13-,14-/m0/s1. The summed E-state index contributed by atoms with van der Waals surface area (Å²) in [6.45, 7) is 2.44. The second-order valence-corrected chi connectivity index (χ2v) is 5.45. The zero-order valence-electron chi connectivity index (χ0n) is 11.0. The van der Waals surface area contributed by atoms with Gasteiger partial charge in [0, 0.05) is 0 Å². The first-order valence-electron chi connectivity index (χ1n) is 6.71. The number of amides is 2. The van der Waals surface area contributed by atoms with Crippen LogP contribution < -0.4 is 0 Å². The smallest absolute Gasteiger partial charge is 0.233 e. The van der Waals surface area contributed by atoms with Crippen molar-refractivity contribution < 1.29 is 9.59 Å². The molecule has 1 aromatic rings. The number of benzene rings is 1. The van der Waals surface area contributed by atoms with Crippen molar-refractivity contribution in [1.29, 1.82) is 0 Å². The van der Waals surface area contributed by atoms with E-state index < -0.39 is 0 Å². The highest BCUT2D eigenvalue weighted by Gasteiger charge is 2.47. The van der Waals surface area contributed by atoms with Crippen molar-refractivity contribution in [1.82, 2.24) is 4.90 Å². The molecule has 2 amide bonds. The minimum atomic E-state index is -0.125. The fourth-order valence-electron chi connectivity index (χ4n) is 3.03. The molecule has 1 fully saturated rings. The molecule has 2 aliphatic rings. The minimum Gasteiger partial charge on any atom is -0.278 e. The van der Waals surface area contributed by atoms with Gasteiger partial charge in [-0.15, -0.1) is 0 Å². The number of nitrogens with zero attached hydrogens (tertiary/aromatic N) is 1. The van der Waals surface area contributed by atoms with Crippen LogP contribution in [0.4, 0.5) is 0 Å². The van der Waals surface area contributed by atoms with E-state index in [4.69, 9.17) is 0 Å². The van der Waals surface area contributed by atoms with E-state index in [9.17, 15) is 9.59 Å². The van der Waals surface area contributed by atoms with Crippen molar-refractivity contribution in [3.63, 3.8) is 0 Å². The van der Waals surface area contributed by atoms with Crippen molar-refractivity contribution in [2.24, 2.45) is 11.8 Å². The zero-order chi connectivity index (χ0) is 13.4. The van der Waals surface area contributed by atoms with Gasteiger partial charge in [0.15, 0.2) is 0 Å². The third-order valence-corrected chi connectivity index (χ3v) is 4.10. The van der Waals surface area contributed by atoms with Gasteiger partial charge in [0.1, 0.15) is 0 Å². The average molecular weight is 255 g/mol. The van der Waals surface area contributed by atoms with Crippen LogP contribution in [0.25, 0.3) is 0 Å². The molecule has 1 aliphatic heterocycles. The van der Waals surface area contributed by atoms with Crippen molar-refractivity contribution in [2.75, 3.05) is 0 Å². The molecule has 3 rings (SSSR count). The summed E-state index contributed by atoms with van der Waals surface area (Å²) in [5.74, 6) is -0.241.